The van der Waals surface area contributed by atoms with Crippen molar-refractivity contribution in [3.63, 3.8) is 0 Å². The summed E-state index contributed by atoms with van der Waals surface area (Å²) in [6, 6.07) is 3.82. The van der Waals surface area contributed by atoms with Crippen molar-refractivity contribution < 1.29 is 8.42 Å². The van der Waals surface area contributed by atoms with E-state index < -0.39 is 10.0 Å². The molecule has 3 rings (SSSR count). The third kappa shape index (κ3) is 2.89. The molecule has 24 heavy (non-hydrogen) atoms. The molecular weight excluding hydrogens is 324 g/mol. The smallest absolute Gasteiger partial charge is 0.243 e. The molecule has 1 aliphatic heterocycles. The van der Waals surface area contributed by atoms with E-state index in [4.69, 9.17) is 0 Å². The molecule has 0 saturated carbocycles. The number of nitrogens with zero attached hydrogens (tertiary/aromatic N) is 3. The number of sulfonamides is 1. The van der Waals surface area contributed by atoms with Crippen molar-refractivity contribution >= 4 is 16.0 Å². The fraction of sp³-hybridized carbons (Fsp3) is 0.412. The Balaban J connectivity index is 1.79. The van der Waals surface area contributed by atoms with Gasteiger partial charge in [0.25, 0.3) is 0 Å². The molecule has 2 aromatic rings. The van der Waals surface area contributed by atoms with Crippen LogP contribution in [0.5, 0.6) is 0 Å². The molecule has 1 aromatic heterocycles. The molecule has 2 heterocycles. The number of aryl methyl sites for hydroxylation is 2. The summed E-state index contributed by atoms with van der Waals surface area (Å²) in [6.07, 6.45) is 3.31. The summed E-state index contributed by atoms with van der Waals surface area (Å²) in [5, 5.41) is 3.16. The third-order valence-corrected chi connectivity index (χ3v) is 6.75. The maximum Gasteiger partial charge on any atom is 0.243 e. The monoisotopic (exact) mass is 346 g/mol. The minimum absolute atomic E-state index is 0.0358. The number of aromatic nitrogens is 2. The highest BCUT2D eigenvalue weighted by molar-refractivity contribution is 7.89. The van der Waals surface area contributed by atoms with Crippen LogP contribution < -0.4 is 5.32 Å². The summed E-state index contributed by atoms with van der Waals surface area (Å²) in [5.74, 6) is 0.526. The highest BCUT2D eigenvalue weighted by atomic mass is 32.2. The molecule has 1 aliphatic rings. The third-order valence-electron chi connectivity index (χ3n) is 4.64. The highest BCUT2D eigenvalue weighted by Crippen LogP contribution is 2.31. The number of nitrogens with one attached hydrogen (secondary N) is 1. The lowest BCUT2D eigenvalue weighted by Crippen LogP contribution is -2.57. The first kappa shape index (κ1) is 16.9. The van der Waals surface area contributed by atoms with Crippen molar-refractivity contribution in [3.05, 3.63) is 46.8 Å². The molecule has 6 nitrogen and oxygen atoms in total. The van der Waals surface area contributed by atoms with Crippen LogP contribution in [-0.4, -0.2) is 41.8 Å². The van der Waals surface area contributed by atoms with Crippen LogP contribution in [0.15, 0.2) is 29.4 Å². The molecule has 1 N–H and O–H groups in total. The molecule has 0 bridgehead atoms. The van der Waals surface area contributed by atoms with E-state index in [1.807, 2.05) is 33.8 Å². The minimum Gasteiger partial charge on any atom is -0.349 e. The molecule has 0 amide bonds. The Morgan fingerprint density at radius 2 is 1.58 bits per heavy atom. The quantitative estimate of drug-likeness (QED) is 0.918. The molecule has 0 aliphatic carbocycles. The van der Waals surface area contributed by atoms with Crippen LogP contribution in [0.1, 0.15) is 22.3 Å². The van der Waals surface area contributed by atoms with Gasteiger partial charge < -0.3 is 5.32 Å². The Hall–Kier alpha value is -1.99. The number of hydrogen-bond acceptors (Lipinski definition) is 5. The van der Waals surface area contributed by atoms with E-state index >= 15 is 0 Å². The summed E-state index contributed by atoms with van der Waals surface area (Å²) >= 11 is 0. The predicted molar refractivity (Wildman–Crippen MR) is 93.6 cm³/mol. The van der Waals surface area contributed by atoms with Gasteiger partial charge in [-0.3, -0.25) is 0 Å². The van der Waals surface area contributed by atoms with Gasteiger partial charge in [0, 0.05) is 25.5 Å². The maximum atomic E-state index is 13.0. The van der Waals surface area contributed by atoms with Crippen LogP contribution in [0.4, 0.5) is 5.95 Å². The highest BCUT2D eigenvalue weighted by Gasteiger charge is 2.38. The summed E-state index contributed by atoms with van der Waals surface area (Å²) in [4.78, 5) is 8.67. The zero-order chi connectivity index (χ0) is 17.5. The fourth-order valence-electron chi connectivity index (χ4n) is 2.98. The summed E-state index contributed by atoms with van der Waals surface area (Å²) < 4.78 is 27.6. The Morgan fingerprint density at radius 1 is 1.04 bits per heavy atom. The standard InChI is InChI=1S/C17H22N4O2S/c1-11-8-12(2)14(4)16(13(11)3)24(22,23)21-9-15(10-21)20-17-18-6-5-7-19-17/h5-8,15H,9-10H2,1-4H3,(H,18,19,20). The Morgan fingerprint density at radius 3 is 2.12 bits per heavy atom. The van der Waals surface area contributed by atoms with E-state index in [1.165, 1.54) is 4.31 Å². The van der Waals surface area contributed by atoms with Gasteiger partial charge in [-0.15, -0.1) is 0 Å². The van der Waals surface area contributed by atoms with Crippen molar-refractivity contribution in [2.24, 2.45) is 0 Å². The SMILES string of the molecule is Cc1cc(C)c(C)c(S(=O)(=O)N2CC(Nc3ncccn3)C2)c1C. The Kier molecular flexibility index (Phi) is 4.31. The molecule has 7 heteroatoms. The normalized spacial score (nSPS) is 16.0. The van der Waals surface area contributed by atoms with Crippen molar-refractivity contribution in [1.29, 1.82) is 0 Å². The summed E-state index contributed by atoms with van der Waals surface area (Å²) in [6.45, 7) is 8.50. The van der Waals surface area contributed by atoms with E-state index in [9.17, 15) is 8.42 Å². The van der Waals surface area contributed by atoms with Gasteiger partial charge in [0.2, 0.25) is 16.0 Å². The first-order valence-electron chi connectivity index (χ1n) is 7.92. The van der Waals surface area contributed by atoms with E-state index in [0.29, 0.717) is 23.9 Å². The number of rotatable bonds is 4. The van der Waals surface area contributed by atoms with Gasteiger partial charge in [-0.05, 0) is 56.0 Å². The largest absolute Gasteiger partial charge is 0.349 e. The van der Waals surface area contributed by atoms with E-state index in [-0.39, 0.29) is 6.04 Å². The molecule has 0 unspecified atom stereocenters. The maximum absolute atomic E-state index is 13.0. The van der Waals surface area contributed by atoms with E-state index in [2.05, 4.69) is 15.3 Å². The average molecular weight is 346 g/mol. The van der Waals surface area contributed by atoms with Crippen LogP contribution in [0.3, 0.4) is 0 Å². The van der Waals surface area contributed by atoms with E-state index in [0.717, 1.165) is 22.3 Å². The molecular formula is C17H22N4O2S. The van der Waals surface area contributed by atoms with Crippen LogP contribution in [0.2, 0.25) is 0 Å². The zero-order valence-corrected chi connectivity index (χ0v) is 15.2. The lowest BCUT2D eigenvalue weighted by Gasteiger charge is -2.39. The number of benzene rings is 1. The van der Waals surface area contributed by atoms with Crippen molar-refractivity contribution in [1.82, 2.24) is 14.3 Å². The topological polar surface area (TPSA) is 75.2 Å². The zero-order valence-electron chi connectivity index (χ0n) is 14.4. The first-order valence-corrected chi connectivity index (χ1v) is 9.36. The lowest BCUT2D eigenvalue weighted by molar-refractivity contribution is 0.279. The second-order valence-corrected chi connectivity index (χ2v) is 8.20. The summed E-state index contributed by atoms with van der Waals surface area (Å²) in [7, 11) is -3.48. The first-order chi connectivity index (χ1) is 11.3. The van der Waals surface area contributed by atoms with Gasteiger partial charge in [0.05, 0.1) is 10.9 Å². The second-order valence-electron chi connectivity index (χ2n) is 6.33. The fourth-order valence-corrected chi connectivity index (χ4v) is 5.09. The molecule has 1 saturated heterocycles. The minimum atomic E-state index is -3.48. The Labute approximate surface area is 143 Å². The molecule has 0 atom stereocenters. The molecule has 0 spiro atoms. The second kappa shape index (κ2) is 6.14. The molecule has 0 radical (unpaired) electrons. The van der Waals surface area contributed by atoms with Gasteiger partial charge in [-0.2, -0.15) is 4.31 Å². The number of hydrogen-bond donors (Lipinski definition) is 1. The van der Waals surface area contributed by atoms with Gasteiger partial charge in [0.1, 0.15) is 0 Å². The van der Waals surface area contributed by atoms with Gasteiger partial charge >= 0.3 is 0 Å². The molecule has 1 aromatic carbocycles. The summed E-state index contributed by atoms with van der Waals surface area (Å²) in [5.41, 5.74) is 3.68. The van der Waals surface area contributed by atoms with Crippen molar-refractivity contribution in [2.45, 2.75) is 38.6 Å². The predicted octanol–water partition coefficient (Wildman–Crippen LogP) is 2.20. The van der Waals surface area contributed by atoms with Crippen LogP contribution in [0, 0.1) is 27.7 Å². The lowest BCUT2D eigenvalue weighted by atomic mass is 10.0. The van der Waals surface area contributed by atoms with Crippen molar-refractivity contribution in [2.75, 3.05) is 18.4 Å². The van der Waals surface area contributed by atoms with Gasteiger partial charge in [-0.25, -0.2) is 18.4 Å². The van der Waals surface area contributed by atoms with Crippen LogP contribution in [-0.2, 0) is 10.0 Å². The van der Waals surface area contributed by atoms with Gasteiger partial charge in [0.15, 0.2) is 0 Å². The average Bonchev–Trinajstić information content (AvgIpc) is 2.49. The molecule has 128 valence electrons. The Bertz CT molecular complexity index is 834. The van der Waals surface area contributed by atoms with Gasteiger partial charge in [-0.1, -0.05) is 6.07 Å². The van der Waals surface area contributed by atoms with Crippen molar-refractivity contribution in [3.8, 4) is 0 Å². The van der Waals surface area contributed by atoms with Crippen LogP contribution >= 0.6 is 0 Å². The van der Waals surface area contributed by atoms with Crippen LogP contribution in [0.25, 0.3) is 0 Å². The molecule has 1 fully saturated rings. The van der Waals surface area contributed by atoms with E-state index in [1.54, 1.807) is 18.5 Å². The number of anilines is 1.